The monoisotopic (exact) mass is 507 g/mol. The Hall–Kier alpha value is -3.17. The van der Waals surface area contributed by atoms with Crippen LogP contribution in [0.15, 0.2) is 53.1 Å². The van der Waals surface area contributed by atoms with Gasteiger partial charge in [0.2, 0.25) is 11.9 Å². The zero-order valence-electron chi connectivity index (χ0n) is 18.4. The van der Waals surface area contributed by atoms with Crippen LogP contribution in [-0.2, 0) is 17.8 Å². The van der Waals surface area contributed by atoms with Gasteiger partial charge in [0, 0.05) is 56.0 Å². The largest absolute Gasteiger partial charge is 0.369 e. The Morgan fingerprint density at radius 2 is 1.88 bits per heavy atom. The lowest BCUT2D eigenvalue weighted by Crippen LogP contribution is -2.44. The molecule has 3 aromatic rings. The molecule has 170 valence electrons. The minimum absolute atomic E-state index is 0.0331. The predicted molar refractivity (Wildman–Crippen MR) is 135 cm³/mol. The summed E-state index contributed by atoms with van der Waals surface area (Å²) in [6.07, 6.45) is 2.14. The van der Waals surface area contributed by atoms with Crippen molar-refractivity contribution >= 4 is 50.7 Å². The van der Waals surface area contributed by atoms with E-state index in [1.54, 1.807) is 6.20 Å². The zero-order valence-corrected chi connectivity index (χ0v) is 20.0. The zero-order chi connectivity index (χ0) is 22.8. The lowest BCUT2D eigenvalue weighted by molar-refractivity contribution is -0.115. The van der Waals surface area contributed by atoms with E-state index < -0.39 is 0 Å². The summed E-state index contributed by atoms with van der Waals surface area (Å²) < 4.78 is 0.778. The average Bonchev–Trinajstić information content (AvgIpc) is 3.21. The maximum Gasteiger partial charge on any atom is 0.229 e. The number of amides is 1. The second-order valence-electron chi connectivity index (χ2n) is 8.37. The molecule has 2 aliphatic heterocycles. The van der Waals surface area contributed by atoms with E-state index in [2.05, 4.69) is 83.0 Å². The number of hydrogen-bond donors (Lipinski definition) is 3. The van der Waals surface area contributed by atoms with E-state index in [-0.39, 0.29) is 5.91 Å². The molecule has 0 atom stereocenters. The average molecular weight is 508 g/mol. The minimum Gasteiger partial charge on any atom is -0.369 e. The molecular formula is C24H26BrN7O. The summed E-state index contributed by atoms with van der Waals surface area (Å²) in [5.74, 6) is 1.24. The number of nitrogens with one attached hydrogen (secondary N) is 3. The Kier molecular flexibility index (Phi) is 6.15. The molecule has 33 heavy (non-hydrogen) atoms. The molecule has 3 heterocycles. The molecule has 1 fully saturated rings. The van der Waals surface area contributed by atoms with Gasteiger partial charge in [0.25, 0.3) is 0 Å². The first-order valence-electron chi connectivity index (χ1n) is 11.0. The van der Waals surface area contributed by atoms with Gasteiger partial charge < -0.3 is 25.8 Å². The molecule has 0 unspecified atom stereocenters. The molecular weight excluding hydrogens is 482 g/mol. The van der Waals surface area contributed by atoms with E-state index in [1.807, 2.05) is 18.2 Å². The molecule has 1 aromatic heterocycles. The summed E-state index contributed by atoms with van der Waals surface area (Å²) in [4.78, 5) is 25.5. The fourth-order valence-electron chi connectivity index (χ4n) is 4.16. The van der Waals surface area contributed by atoms with Gasteiger partial charge in [-0.05, 0) is 64.4 Å². The van der Waals surface area contributed by atoms with Gasteiger partial charge in [-0.25, -0.2) is 4.98 Å². The molecule has 0 aliphatic carbocycles. The Labute approximate surface area is 201 Å². The Bertz CT molecular complexity index is 1160. The van der Waals surface area contributed by atoms with Gasteiger partial charge in [-0.3, -0.25) is 4.79 Å². The fourth-order valence-corrected chi connectivity index (χ4v) is 4.49. The van der Waals surface area contributed by atoms with Crippen molar-refractivity contribution in [1.82, 2.24) is 14.9 Å². The maximum absolute atomic E-state index is 11.8. The van der Waals surface area contributed by atoms with Crippen LogP contribution >= 0.6 is 15.9 Å². The first kappa shape index (κ1) is 21.7. The van der Waals surface area contributed by atoms with E-state index in [9.17, 15) is 4.79 Å². The van der Waals surface area contributed by atoms with Crippen LogP contribution in [0, 0.1) is 0 Å². The smallest absolute Gasteiger partial charge is 0.229 e. The van der Waals surface area contributed by atoms with Gasteiger partial charge in [0.1, 0.15) is 5.82 Å². The number of piperazine rings is 1. The van der Waals surface area contributed by atoms with Gasteiger partial charge in [0.15, 0.2) is 0 Å². The van der Waals surface area contributed by atoms with Crippen molar-refractivity contribution < 1.29 is 4.79 Å². The van der Waals surface area contributed by atoms with Gasteiger partial charge in [0.05, 0.1) is 10.9 Å². The number of likely N-dealkylation sites (N-methyl/N-ethyl adjacent to an activating group) is 1. The van der Waals surface area contributed by atoms with E-state index in [0.717, 1.165) is 53.2 Å². The van der Waals surface area contributed by atoms with Crippen LogP contribution in [0.1, 0.15) is 11.1 Å². The molecule has 2 aromatic carbocycles. The molecule has 8 nitrogen and oxygen atoms in total. The predicted octanol–water partition coefficient (Wildman–Crippen LogP) is 3.84. The maximum atomic E-state index is 11.8. The number of nitrogens with zero attached hydrogens (tertiary/aromatic N) is 4. The van der Waals surface area contributed by atoms with Crippen molar-refractivity contribution in [1.29, 1.82) is 0 Å². The number of hydrogen-bond acceptors (Lipinski definition) is 7. The number of carbonyl (C=O) groups is 1. The molecule has 0 saturated carbocycles. The standard InChI is InChI=1S/C24H26BrN7O/c1-31-9-11-32(12-10-31)18-7-5-17(6-8-18)28-24-27-15-20(25)23(30-24)26-14-16-3-2-4-21-19(16)13-22(33)29-21/h2-8,15H,9-14H2,1H3,(H,29,33)(H2,26,27,28,30). The molecule has 9 heteroatoms. The van der Waals surface area contributed by atoms with Crippen molar-refractivity contribution in [2.75, 3.05) is 54.1 Å². The van der Waals surface area contributed by atoms with E-state index in [0.29, 0.717) is 24.7 Å². The summed E-state index contributed by atoms with van der Waals surface area (Å²) in [7, 11) is 2.16. The van der Waals surface area contributed by atoms with E-state index in [1.165, 1.54) is 5.69 Å². The summed E-state index contributed by atoms with van der Waals surface area (Å²) in [5.41, 5.74) is 5.18. The highest BCUT2D eigenvalue weighted by Crippen LogP contribution is 2.28. The van der Waals surface area contributed by atoms with Crippen LogP contribution in [-0.4, -0.2) is 54.0 Å². The number of carbonyl (C=O) groups excluding carboxylic acids is 1. The molecule has 1 amide bonds. The molecule has 0 spiro atoms. The SMILES string of the molecule is CN1CCN(c2ccc(Nc3ncc(Br)c(NCc4cccc5c4CC(=O)N5)n3)cc2)CC1. The van der Waals surface area contributed by atoms with E-state index in [4.69, 9.17) is 0 Å². The lowest BCUT2D eigenvalue weighted by atomic mass is 10.0. The number of rotatable bonds is 6. The van der Waals surface area contributed by atoms with Gasteiger partial charge in [-0.2, -0.15) is 4.98 Å². The molecule has 0 radical (unpaired) electrons. The van der Waals surface area contributed by atoms with Crippen LogP contribution in [0.3, 0.4) is 0 Å². The second kappa shape index (κ2) is 9.36. The van der Waals surface area contributed by atoms with Crippen molar-refractivity contribution in [2.24, 2.45) is 0 Å². The molecule has 3 N–H and O–H groups in total. The molecule has 5 rings (SSSR count). The summed E-state index contributed by atoms with van der Waals surface area (Å²) in [5, 5.41) is 9.55. The quantitative estimate of drug-likeness (QED) is 0.467. The second-order valence-corrected chi connectivity index (χ2v) is 9.23. The Morgan fingerprint density at radius 3 is 2.67 bits per heavy atom. The minimum atomic E-state index is 0.0331. The van der Waals surface area contributed by atoms with Gasteiger partial charge in [-0.1, -0.05) is 12.1 Å². The highest BCUT2D eigenvalue weighted by atomic mass is 79.9. The van der Waals surface area contributed by atoms with E-state index >= 15 is 0 Å². The number of fused-ring (bicyclic) bond motifs is 1. The Morgan fingerprint density at radius 1 is 1.09 bits per heavy atom. The third-order valence-corrected chi connectivity index (χ3v) is 6.65. The van der Waals surface area contributed by atoms with Crippen LogP contribution in [0.5, 0.6) is 0 Å². The summed E-state index contributed by atoms with van der Waals surface area (Å²) >= 11 is 3.53. The highest BCUT2D eigenvalue weighted by molar-refractivity contribution is 9.10. The molecule has 1 saturated heterocycles. The summed E-state index contributed by atoms with van der Waals surface area (Å²) in [6.45, 7) is 4.82. The third kappa shape index (κ3) is 4.94. The number of halogens is 1. The molecule has 0 bridgehead atoms. The van der Waals surface area contributed by atoms with Crippen LogP contribution in [0.25, 0.3) is 0 Å². The van der Waals surface area contributed by atoms with Crippen LogP contribution in [0.4, 0.5) is 28.8 Å². The van der Waals surface area contributed by atoms with Gasteiger partial charge in [-0.15, -0.1) is 0 Å². The third-order valence-electron chi connectivity index (χ3n) is 6.07. The first-order chi connectivity index (χ1) is 16.0. The van der Waals surface area contributed by atoms with Crippen LogP contribution < -0.4 is 20.9 Å². The van der Waals surface area contributed by atoms with Crippen LogP contribution in [0.2, 0.25) is 0 Å². The highest BCUT2D eigenvalue weighted by Gasteiger charge is 2.20. The number of anilines is 5. The van der Waals surface area contributed by atoms with Crippen molar-refractivity contribution in [3.05, 3.63) is 64.3 Å². The van der Waals surface area contributed by atoms with Crippen molar-refractivity contribution in [2.45, 2.75) is 13.0 Å². The summed E-state index contributed by atoms with van der Waals surface area (Å²) in [6, 6.07) is 14.3. The fraction of sp³-hybridized carbons (Fsp3) is 0.292. The topological polar surface area (TPSA) is 85.4 Å². The number of aromatic nitrogens is 2. The Balaban J connectivity index is 1.25. The first-order valence-corrected chi connectivity index (χ1v) is 11.8. The van der Waals surface area contributed by atoms with Crippen molar-refractivity contribution in [3.8, 4) is 0 Å². The number of benzene rings is 2. The van der Waals surface area contributed by atoms with Gasteiger partial charge >= 0.3 is 0 Å². The molecule has 2 aliphatic rings. The lowest BCUT2D eigenvalue weighted by Gasteiger charge is -2.34. The normalized spacial score (nSPS) is 15.8. The van der Waals surface area contributed by atoms with Crippen molar-refractivity contribution in [3.63, 3.8) is 0 Å².